The van der Waals surface area contributed by atoms with Crippen LogP contribution in [0.5, 0.6) is 0 Å². The second-order valence-electron chi connectivity index (χ2n) is 3.89. The van der Waals surface area contributed by atoms with Crippen molar-refractivity contribution in [2.24, 2.45) is 0 Å². The monoisotopic (exact) mass is 272 g/mol. The Labute approximate surface area is 99.3 Å². The van der Waals surface area contributed by atoms with Crippen molar-refractivity contribution in [2.75, 3.05) is 13.6 Å². The molecule has 0 aromatic carbocycles. The van der Waals surface area contributed by atoms with Gasteiger partial charge in [0.2, 0.25) is 0 Å². The van der Waals surface area contributed by atoms with E-state index < -0.39 is 0 Å². The zero-order valence-corrected chi connectivity index (χ0v) is 10.7. The molecule has 1 rings (SSSR count). The zero-order chi connectivity index (χ0) is 11.3. The molecule has 84 valence electrons. The lowest BCUT2D eigenvalue weighted by Gasteiger charge is -2.17. The van der Waals surface area contributed by atoms with E-state index in [1.54, 1.807) is 6.20 Å². The fourth-order valence-corrected chi connectivity index (χ4v) is 1.75. The van der Waals surface area contributed by atoms with E-state index in [9.17, 15) is 0 Å². The van der Waals surface area contributed by atoms with Gasteiger partial charge in [0.25, 0.3) is 0 Å². The number of aromatic nitrogens is 1. The Bertz CT molecular complexity index is 304. The van der Waals surface area contributed by atoms with E-state index in [1.165, 1.54) is 5.56 Å². The van der Waals surface area contributed by atoms with Crippen LogP contribution < -0.4 is 0 Å². The van der Waals surface area contributed by atoms with Crippen LogP contribution >= 0.6 is 15.9 Å². The summed E-state index contributed by atoms with van der Waals surface area (Å²) in [5.41, 5.74) is 1.18. The van der Waals surface area contributed by atoms with Gasteiger partial charge >= 0.3 is 0 Å². The van der Waals surface area contributed by atoms with Crippen molar-refractivity contribution in [2.45, 2.75) is 26.0 Å². The maximum Gasteiger partial charge on any atom is 0.0524 e. The fraction of sp³-hybridized carbons (Fsp3) is 0.545. The molecule has 4 heteroatoms. The topological polar surface area (TPSA) is 36.4 Å². The predicted molar refractivity (Wildman–Crippen MR) is 64.6 cm³/mol. The molecule has 0 amide bonds. The van der Waals surface area contributed by atoms with E-state index >= 15 is 0 Å². The summed E-state index contributed by atoms with van der Waals surface area (Å²) in [5, 5.41) is 9.16. The van der Waals surface area contributed by atoms with Gasteiger partial charge in [-0.05, 0) is 48.0 Å². The second-order valence-corrected chi connectivity index (χ2v) is 4.80. The van der Waals surface area contributed by atoms with Crippen molar-refractivity contribution < 1.29 is 5.11 Å². The molecule has 1 aromatic heterocycles. The van der Waals surface area contributed by atoms with Crippen LogP contribution in [0.2, 0.25) is 0 Å². The van der Waals surface area contributed by atoms with Gasteiger partial charge in [0, 0.05) is 30.0 Å². The minimum atomic E-state index is -0.229. The van der Waals surface area contributed by atoms with Crippen molar-refractivity contribution in [3.63, 3.8) is 0 Å². The molecular formula is C11H17BrN2O. The molecule has 0 saturated carbocycles. The summed E-state index contributed by atoms with van der Waals surface area (Å²) >= 11 is 3.39. The van der Waals surface area contributed by atoms with Crippen LogP contribution in [0.4, 0.5) is 0 Å². The number of aliphatic hydroxyl groups is 1. The highest BCUT2D eigenvalue weighted by molar-refractivity contribution is 9.10. The molecule has 0 radical (unpaired) electrons. The van der Waals surface area contributed by atoms with Gasteiger partial charge in [0.1, 0.15) is 0 Å². The third kappa shape index (κ3) is 5.25. The molecule has 0 fully saturated rings. The molecule has 0 spiro atoms. The van der Waals surface area contributed by atoms with E-state index in [2.05, 4.69) is 31.9 Å². The van der Waals surface area contributed by atoms with Crippen LogP contribution in [0.15, 0.2) is 22.9 Å². The molecule has 0 bridgehead atoms. The highest BCUT2D eigenvalue weighted by Crippen LogP contribution is 2.11. The summed E-state index contributed by atoms with van der Waals surface area (Å²) in [4.78, 5) is 6.29. The Morgan fingerprint density at radius 3 is 2.87 bits per heavy atom. The molecular weight excluding hydrogens is 256 g/mol. The highest BCUT2D eigenvalue weighted by atomic mass is 79.9. The van der Waals surface area contributed by atoms with Crippen LogP contribution in [0, 0.1) is 0 Å². The number of rotatable bonds is 5. The van der Waals surface area contributed by atoms with Gasteiger partial charge in [-0.1, -0.05) is 0 Å². The molecule has 1 N–H and O–H groups in total. The third-order valence-electron chi connectivity index (χ3n) is 2.14. The van der Waals surface area contributed by atoms with Gasteiger partial charge in [0.05, 0.1) is 6.10 Å². The van der Waals surface area contributed by atoms with Crippen LogP contribution in [0.3, 0.4) is 0 Å². The van der Waals surface area contributed by atoms with Crippen LogP contribution in [0.1, 0.15) is 18.9 Å². The number of halogens is 1. The van der Waals surface area contributed by atoms with Gasteiger partial charge in [-0.25, -0.2) is 0 Å². The van der Waals surface area contributed by atoms with E-state index in [0.717, 1.165) is 24.0 Å². The summed E-state index contributed by atoms with van der Waals surface area (Å²) in [6, 6.07) is 2.06. The largest absolute Gasteiger partial charge is 0.393 e. The lowest BCUT2D eigenvalue weighted by Crippen LogP contribution is -2.22. The first-order valence-electron chi connectivity index (χ1n) is 5.04. The smallest absolute Gasteiger partial charge is 0.0524 e. The van der Waals surface area contributed by atoms with Gasteiger partial charge in [-0.3, -0.25) is 4.98 Å². The van der Waals surface area contributed by atoms with Crippen molar-refractivity contribution >= 4 is 15.9 Å². The Morgan fingerprint density at radius 2 is 2.27 bits per heavy atom. The quantitative estimate of drug-likeness (QED) is 0.892. The Balaban J connectivity index is 2.40. The van der Waals surface area contributed by atoms with Crippen molar-refractivity contribution in [1.29, 1.82) is 0 Å². The average molecular weight is 273 g/mol. The Morgan fingerprint density at radius 1 is 1.53 bits per heavy atom. The SMILES string of the molecule is CC(O)CCN(C)Cc1cncc(Br)c1. The fourth-order valence-electron chi connectivity index (χ4n) is 1.34. The summed E-state index contributed by atoms with van der Waals surface area (Å²) < 4.78 is 1.00. The molecule has 0 aliphatic rings. The molecule has 15 heavy (non-hydrogen) atoms. The first-order chi connectivity index (χ1) is 7.08. The number of pyridine rings is 1. The molecule has 1 heterocycles. The summed E-state index contributed by atoms with van der Waals surface area (Å²) in [5.74, 6) is 0. The van der Waals surface area contributed by atoms with Crippen LogP contribution in [-0.2, 0) is 6.54 Å². The number of nitrogens with zero attached hydrogens (tertiary/aromatic N) is 2. The molecule has 3 nitrogen and oxygen atoms in total. The average Bonchev–Trinajstić information content (AvgIpc) is 2.15. The van der Waals surface area contributed by atoms with E-state index in [0.29, 0.717) is 0 Å². The lowest BCUT2D eigenvalue weighted by molar-refractivity contribution is 0.163. The van der Waals surface area contributed by atoms with E-state index in [1.807, 2.05) is 20.2 Å². The Hall–Kier alpha value is -0.450. The second kappa shape index (κ2) is 6.20. The first-order valence-corrected chi connectivity index (χ1v) is 5.83. The zero-order valence-electron chi connectivity index (χ0n) is 9.15. The van der Waals surface area contributed by atoms with E-state index in [-0.39, 0.29) is 6.10 Å². The molecule has 1 aromatic rings. The first kappa shape index (κ1) is 12.6. The summed E-state index contributed by atoms with van der Waals surface area (Å²) in [6.07, 6.45) is 4.22. The maximum atomic E-state index is 9.16. The van der Waals surface area contributed by atoms with Gasteiger partial charge in [-0.2, -0.15) is 0 Å². The number of aliphatic hydroxyl groups excluding tert-OH is 1. The van der Waals surface area contributed by atoms with Gasteiger partial charge in [-0.15, -0.1) is 0 Å². The van der Waals surface area contributed by atoms with Crippen LogP contribution in [0.25, 0.3) is 0 Å². The normalized spacial score (nSPS) is 13.1. The molecule has 0 saturated heterocycles. The van der Waals surface area contributed by atoms with Gasteiger partial charge in [0.15, 0.2) is 0 Å². The Kier molecular flexibility index (Phi) is 5.22. The summed E-state index contributed by atoms with van der Waals surface area (Å²) in [7, 11) is 2.04. The lowest BCUT2D eigenvalue weighted by atomic mass is 10.2. The van der Waals surface area contributed by atoms with Crippen molar-refractivity contribution in [3.8, 4) is 0 Å². The third-order valence-corrected chi connectivity index (χ3v) is 2.58. The highest BCUT2D eigenvalue weighted by Gasteiger charge is 2.03. The minimum Gasteiger partial charge on any atom is -0.393 e. The standard InChI is InChI=1S/C11H17BrN2O/c1-9(15)3-4-14(2)8-10-5-11(12)7-13-6-10/h5-7,9,15H,3-4,8H2,1-2H3. The van der Waals surface area contributed by atoms with Crippen LogP contribution in [-0.4, -0.2) is 34.7 Å². The number of hydrogen-bond donors (Lipinski definition) is 1. The summed E-state index contributed by atoms with van der Waals surface area (Å²) in [6.45, 7) is 3.57. The maximum absolute atomic E-state index is 9.16. The minimum absolute atomic E-state index is 0.229. The van der Waals surface area contributed by atoms with Gasteiger partial charge < -0.3 is 10.0 Å². The molecule has 0 aliphatic heterocycles. The molecule has 1 atom stereocenters. The predicted octanol–water partition coefficient (Wildman–Crippen LogP) is 2.05. The molecule has 1 unspecified atom stereocenters. The van der Waals surface area contributed by atoms with Crippen molar-refractivity contribution in [3.05, 3.63) is 28.5 Å². The molecule has 0 aliphatic carbocycles. The van der Waals surface area contributed by atoms with Crippen molar-refractivity contribution in [1.82, 2.24) is 9.88 Å². The van der Waals surface area contributed by atoms with E-state index in [4.69, 9.17) is 5.11 Å². The number of hydrogen-bond acceptors (Lipinski definition) is 3.